The third-order valence-electron chi connectivity index (χ3n) is 4.66. The first-order chi connectivity index (χ1) is 14.8. The highest BCUT2D eigenvalue weighted by Gasteiger charge is 2.35. The first-order valence-corrected chi connectivity index (χ1v) is 10.4. The van der Waals surface area contributed by atoms with Gasteiger partial charge in [-0.1, -0.05) is 12.1 Å². The molecule has 1 aliphatic heterocycles. The van der Waals surface area contributed by atoms with Crippen molar-refractivity contribution in [2.75, 3.05) is 5.32 Å². The zero-order valence-corrected chi connectivity index (χ0v) is 16.8. The molecule has 4 rings (SSSR count). The normalized spacial score (nSPS) is 13.1. The number of rotatable bonds is 6. The molecule has 0 spiro atoms. The van der Waals surface area contributed by atoms with Crippen molar-refractivity contribution in [3.05, 3.63) is 70.8 Å². The van der Waals surface area contributed by atoms with Crippen LogP contribution in [-0.4, -0.2) is 21.6 Å². The van der Waals surface area contributed by atoms with Crippen molar-refractivity contribution in [2.24, 2.45) is 0 Å². The van der Waals surface area contributed by atoms with E-state index in [0.29, 0.717) is 28.5 Å². The molecule has 11 heteroatoms. The Labute approximate surface area is 179 Å². The van der Waals surface area contributed by atoms with Crippen molar-refractivity contribution in [1.82, 2.24) is 15.1 Å². The van der Waals surface area contributed by atoms with E-state index in [2.05, 4.69) is 15.7 Å². The van der Waals surface area contributed by atoms with Gasteiger partial charge in [0, 0.05) is 17.1 Å². The Bertz CT molecular complexity index is 1110. The summed E-state index contributed by atoms with van der Waals surface area (Å²) in [6, 6.07) is 7.97. The standard InChI is InChI=1S/C20H17F3N4O3S/c21-20(22,23)15-6-2-1-5-13(15)19(29)25-18-14-10-31-11-16(14)26-27(18)9-17(28)24-8-12-4-3-7-30-12/h1-7H,8-11H2,(H,24,28)(H,25,29). The monoisotopic (exact) mass is 450 g/mol. The third kappa shape index (κ3) is 4.61. The highest BCUT2D eigenvalue weighted by molar-refractivity contribution is 7.98. The van der Waals surface area contributed by atoms with E-state index in [-0.39, 0.29) is 24.8 Å². The molecule has 31 heavy (non-hydrogen) atoms. The molecule has 3 heterocycles. The average Bonchev–Trinajstić information content (AvgIpc) is 3.46. The number of carbonyl (C=O) groups excluding carboxylic acids is 2. The number of benzene rings is 1. The van der Waals surface area contributed by atoms with Gasteiger partial charge in [-0.25, -0.2) is 4.68 Å². The molecule has 0 unspecified atom stereocenters. The van der Waals surface area contributed by atoms with Crippen molar-refractivity contribution in [3.8, 4) is 0 Å². The van der Waals surface area contributed by atoms with Crippen molar-refractivity contribution in [1.29, 1.82) is 0 Å². The van der Waals surface area contributed by atoms with Crippen LogP contribution < -0.4 is 10.6 Å². The number of furan rings is 1. The number of halogens is 3. The maximum absolute atomic E-state index is 13.3. The second-order valence-electron chi connectivity index (χ2n) is 6.78. The molecule has 2 aromatic heterocycles. The van der Waals surface area contributed by atoms with Gasteiger partial charge >= 0.3 is 6.18 Å². The lowest BCUT2D eigenvalue weighted by Crippen LogP contribution is -2.29. The van der Waals surface area contributed by atoms with E-state index in [4.69, 9.17) is 4.42 Å². The van der Waals surface area contributed by atoms with Gasteiger partial charge in [-0.15, -0.1) is 0 Å². The fourth-order valence-corrected chi connectivity index (χ4v) is 4.25. The minimum absolute atomic E-state index is 0.184. The molecule has 0 atom stereocenters. The lowest BCUT2D eigenvalue weighted by molar-refractivity contribution is -0.137. The second-order valence-corrected chi connectivity index (χ2v) is 7.76. The molecule has 0 radical (unpaired) electrons. The topological polar surface area (TPSA) is 89.2 Å². The molecule has 7 nitrogen and oxygen atoms in total. The molecule has 2 N–H and O–H groups in total. The number of thioether (sulfide) groups is 1. The Morgan fingerprint density at radius 1 is 1.16 bits per heavy atom. The number of amides is 2. The van der Waals surface area contributed by atoms with E-state index in [9.17, 15) is 22.8 Å². The summed E-state index contributed by atoms with van der Waals surface area (Å²) in [6.07, 6.45) is -3.18. The van der Waals surface area contributed by atoms with E-state index >= 15 is 0 Å². The lowest BCUT2D eigenvalue weighted by Gasteiger charge is -2.14. The van der Waals surface area contributed by atoms with Crippen LogP contribution in [-0.2, 0) is 35.6 Å². The van der Waals surface area contributed by atoms with Gasteiger partial charge in [0.2, 0.25) is 5.91 Å². The number of anilines is 1. The number of carbonyl (C=O) groups is 2. The van der Waals surface area contributed by atoms with Crippen LogP contribution in [0.3, 0.4) is 0 Å². The highest BCUT2D eigenvalue weighted by Crippen LogP contribution is 2.36. The Kier molecular flexibility index (Phi) is 5.77. The van der Waals surface area contributed by atoms with Gasteiger partial charge in [0.15, 0.2) is 0 Å². The molecular formula is C20H17F3N4O3S. The first kappa shape index (κ1) is 21.0. The van der Waals surface area contributed by atoms with Crippen LogP contribution in [0.25, 0.3) is 0 Å². The first-order valence-electron chi connectivity index (χ1n) is 9.26. The Morgan fingerprint density at radius 3 is 2.71 bits per heavy atom. The van der Waals surface area contributed by atoms with Crippen molar-refractivity contribution >= 4 is 29.4 Å². The second kappa shape index (κ2) is 8.50. The number of fused-ring (bicyclic) bond motifs is 1. The molecule has 0 saturated carbocycles. The number of hydrogen-bond donors (Lipinski definition) is 2. The number of hydrogen-bond acceptors (Lipinski definition) is 5. The van der Waals surface area contributed by atoms with Gasteiger partial charge in [-0.3, -0.25) is 9.59 Å². The molecule has 2 amide bonds. The Morgan fingerprint density at radius 2 is 1.97 bits per heavy atom. The van der Waals surface area contributed by atoms with Crippen molar-refractivity contribution in [3.63, 3.8) is 0 Å². The predicted octanol–water partition coefficient (Wildman–Crippen LogP) is 3.81. The zero-order chi connectivity index (χ0) is 22.0. The van der Waals surface area contributed by atoms with E-state index < -0.39 is 23.2 Å². The van der Waals surface area contributed by atoms with Gasteiger partial charge in [-0.05, 0) is 24.3 Å². The van der Waals surface area contributed by atoms with Gasteiger partial charge in [0.1, 0.15) is 18.1 Å². The highest BCUT2D eigenvalue weighted by atomic mass is 32.2. The molecule has 0 bridgehead atoms. The quantitative estimate of drug-likeness (QED) is 0.596. The number of nitrogens with one attached hydrogen (secondary N) is 2. The van der Waals surface area contributed by atoms with Gasteiger partial charge in [0.05, 0.1) is 29.6 Å². The van der Waals surface area contributed by atoms with E-state index in [0.717, 1.165) is 12.1 Å². The molecule has 0 fully saturated rings. The number of aromatic nitrogens is 2. The lowest BCUT2D eigenvalue weighted by atomic mass is 10.1. The summed E-state index contributed by atoms with van der Waals surface area (Å²) in [6.45, 7) is -0.0157. The minimum atomic E-state index is -4.67. The number of alkyl halides is 3. The van der Waals surface area contributed by atoms with Crippen LogP contribution in [0.15, 0.2) is 47.1 Å². The van der Waals surface area contributed by atoms with E-state index in [1.54, 1.807) is 23.9 Å². The minimum Gasteiger partial charge on any atom is -0.467 e. The summed E-state index contributed by atoms with van der Waals surface area (Å²) in [5, 5.41) is 9.59. The van der Waals surface area contributed by atoms with Crippen LogP contribution in [0.1, 0.15) is 32.9 Å². The molecule has 0 saturated heterocycles. The van der Waals surface area contributed by atoms with Crippen molar-refractivity contribution < 1.29 is 27.2 Å². The molecule has 1 aromatic carbocycles. The third-order valence-corrected chi connectivity index (χ3v) is 5.63. The largest absolute Gasteiger partial charge is 0.467 e. The summed E-state index contributed by atoms with van der Waals surface area (Å²) in [4.78, 5) is 25.1. The van der Waals surface area contributed by atoms with Crippen LogP contribution in [0.4, 0.5) is 19.0 Å². The van der Waals surface area contributed by atoms with Crippen LogP contribution in [0, 0.1) is 0 Å². The van der Waals surface area contributed by atoms with Crippen LogP contribution in [0.5, 0.6) is 0 Å². The van der Waals surface area contributed by atoms with Crippen LogP contribution >= 0.6 is 11.8 Å². The van der Waals surface area contributed by atoms with E-state index in [1.807, 2.05) is 0 Å². The maximum Gasteiger partial charge on any atom is 0.417 e. The predicted molar refractivity (Wildman–Crippen MR) is 107 cm³/mol. The van der Waals surface area contributed by atoms with Gasteiger partial charge in [-0.2, -0.15) is 30.0 Å². The maximum atomic E-state index is 13.3. The summed E-state index contributed by atoms with van der Waals surface area (Å²) >= 11 is 1.57. The molecule has 0 aliphatic carbocycles. The molecule has 3 aromatic rings. The fourth-order valence-electron chi connectivity index (χ4n) is 3.21. The average molecular weight is 450 g/mol. The molecular weight excluding hydrogens is 433 g/mol. The fraction of sp³-hybridized carbons (Fsp3) is 0.250. The summed E-state index contributed by atoms with van der Waals surface area (Å²) in [7, 11) is 0. The summed E-state index contributed by atoms with van der Waals surface area (Å²) < 4.78 is 46.4. The van der Waals surface area contributed by atoms with Gasteiger partial charge in [0.25, 0.3) is 5.91 Å². The Balaban J connectivity index is 1.55. The zero-order valence-electron chi connectivity index (χ0n) is 16.0. The SMILES string of the molecule is O=C(Cn1nc2c(c1NC(=O)c1ccccc1C(F)(F)F)CSC2)NCc1ccco1. The van der Waals surface area contributed by atoms with Gasteiger partial charge < -0.3 is 15.1 Å². The summed E-state index contributed by atoms with van der Waals surface area (Å²) in [5.41, 5.74) is -0.116. The molecule has 162 valence electrons. The van der Waals surface area contributed by atoms with Crippen molar-refractivity contribution in [2.45, 2.75) is 30.8 Å². The van der Waals surface area contributed by atoms with Crippen LogP contribution in [0.2, 0.25) is 0 Å². The Hall–Kier alpha value is -3.21. The molecule has 1 aliphatic rings. The smallest absolute Gasteiger partial charge is 0.417 e. The number of nitrogens with zero attached hydrogens (tertiary/aromatic N) is 2. The summed E-state index contributed by atoms with van der Waals surface area (Å²) in [5.74, 6) is 0.652. The van der Waals surface area contributed by atoms with E-state index in [1.165, 1.54) is 23.1 Å².